The quantitative estimate of drug-likeness (QED) is 0.850. The van der Waals surface area contributed by atoms with Crippen molar-refractivity contribution >= 4 is 5.97 Å². The smallest absolute Gasteiger partial charge is 0.338 e. The van der Waals surface area contributed by atoms with Gasteiger partial charge in [-0.3, -0.25) is 0 Å². The molecule has 19 heavy (non-hydrogen) atoms. The normalized spacial score (nSPS) is 15.2. The minimum Gasteiger partial charge on any atom is -0.456 e. The largest absolute Gasteiger partial charge is 0.456 e. The van der Waals surface area contributed by atoms with Gasteiger partial charge in [-0.25, -0.2) is 4.79 Å². The Labute approximate surface area is 115 Å². The molecule has 0 amide bonds. The average molecular weight is 264 g/mol. The highest BCUT2D eigenvalue weighted by molar-refractivity contribution is 5.89. The average Bonchev–Trinajstić information content (AvgIpc) is 2.26. The maximum Gasteiger partial charge on any atom is 0.338 e. The molecule has 0 radical (unpaired) electrons. The third-order valence-electron chi connectivity index (χ3n) is 3.21. The summed E-state index contributed by atoms with van der Waals surface area (Å²) in [5, 5.41) is 10.4. The van der Waals surface area contributed by atoms with E-state index in [0.717, 1.165) is 5.56 Å². The molecule has 106 valence electrons. The van der Waals surface area contributed by atoms with Gasteiger partial charge in [0.15, 0.2) is 0 Å². The minimum absolute atomic E-state index is 0.0568. The third-order valence-corrected chi connectivity index (χ3v) is 3.21. The molecule has 3 nitrogen and oxygen atoms in total. The summed E-state index contributed by atoms with van der Waals surface area (Å²) in [4.78, 5) is 12.0. The van der Waals surface area contributed by atoms with Crippen LogP contribution < -0.4 is 0 Å². The van der Waals surface area contributed by atoms with Crippen LogP contribution in [0.3, 0.4) is 0 Å². The van der Waals surface area contributed by atoms with Gasteiger partial charge in [-0.05, 0) is 51.3 Å². The van der Waals surface area contributed by atoms with Crippen molar-refractivity contribution in [3.05, 3.63) is 35.4 Å². The van der Waals surface area contributed by atoms with Gasteiger partial charge in [-0.2, -0.15) is 0 Å². The zero-order valence-electron chi connectivity index (χ0n) is 12.7. The molecule has 0 aliphatic heterocycles. The first-order valence-electron chi connectivity index (χ1n) is 6.60. The van der Waals surface area contributed by atoms with E-state index in [9.17, 15) is 9.90 Å². The highest BCUT2D eigenvalue weighted by Gasteiger charge is 2.28. The van der Waals surface area contributed by atoms with Crippen LogP contribution in [0.1, 0.15) is 57.5 Å². The van der Waals surface area contributed by atoms with E-state index in [-0.39, 0.29) is 11.9 Å². The molecule has 0 bridgehead atoms. The molecule has 0 aliphatic carbocycles. The number of benzene rings is 1. The van der Waals surface area contributed by atoms with Gasteiger partial charge in [0.1, 0.15) is 5.60 Å². The number of hydrogen-bond acceptors (Lipinski definition) is 3. The standard InChI is InChI=1S/C16H24O3/c1-11(2)16(6,18)13-9-7-8-12(10-13)14(17)19-15(3,4)5/h7-11,18H,1-6H3/t16-/m1/s1. The van der Waals surface area contributed by atoms with Crippen LogP contribution in [0.15, 0.2) is 24.3 Å². The van der Waals surface area contributed by atoms with Crippen LogP contribution in [0.4, 0.5) is 0 Å². The number of esters is 1. The Morgan fingerprint density at radius 3 is 2.26 bits per heavy atom. The Hall–Kier alpha value is -1.35. The Balaban J connectivity index is 3.05. The van der Waals surface area contributed by atoms with Gasteiger partial charge in [0.05, 0.1) is 11.2 Å². The van der Waals surface area contributed by atoms with E-state index in [0.29, 0.717) is 5.56 Å². The summed E-state index contributed by atoms with van der Waals surface area (Å²) in [7, 11) is 0. The molecule has 1 aromatic rings. The molecule has 0 aliphatic rings. The van der Waals surface area contributed by atoms with Crippen LogP contribution >= 0.6 is 0 Å². The fraction of sp³-hybridized carbons (Fsp3) is 0.562. The first-order valence-corrected chi connectivity index (χ1v) is 6.60. The molecular weight excluding hydrogens is 240 g/mol. The molecule has 1 aromatic carbocycles. The molecule has 0 aromatic heterocycles. The highest BCUT2D eigenvalue weighted by atomic mass is 16.6. The Bertz CT molecular complexity index is 453. The molecular formula is C16H24O3. The van der Waals surface area contributed by atoms with Crippen molar-refractivity contribution in [2.45, 2.75) is 52.7 Å². The van der Waals surface area contributed by atoms with E-state index in [1.54, 1.807) is 25.1 Å². The molecule has 1 atom stereocenters. The van der Waals surface area contributed by atoms with E-state index in [4.69, 9.17) is 4.74 Å². The van der Waals surface area contributed by atoms with Crippen LogP contribution in [-0.4, -0.2) is 16.7 Å². The van der Waals surface area contributed by atoms with E-state index in [1.165, 1.54) is 0 Å². The minimum atomic E-state index is -0.960. The van der Waals surface area contributed by atoms with Crippen LogP contribution in [0.25, 0.3) is 0 Å². The molecule has 0 heterocycles. The fourth-order valence-electron chi connectivity index (χ4n) is 1.63. The summed E-state index contributed by atoms with van der Waals surface area (Å²) in [6, 6.07) is 7.00. The van der Waals surface area contributed by atoms with Crippen LogP contribution in [-0.2, 0) is 10.3 Å². The van der Waals surface area contributed by atoms with Crippen LogP contribution in [0.5, 0.6) is 0 Å². The van der Waals surface area contributed by atoms with Crippen LogP contribution in [0.2, 0.25) is 0 Å². The van der Waals surface area contributed by atoms with Gasteiger partial charge in [-0.1, -0.05) is 26.0 Å². The van der Waals surface area contributed by atoms with Crippen molar-refractivity contribution in [2.75, 3.05) is 0 Å². The van der Waals surface area contributed by atoms with E-state index >= 15 is 0 Å². The van der Waals surface area contributed by atoms with Crippen molar-refractivity contribution in [1.29, 1.82) is 0 Å². The predicted octanol–water partition coefficient (Wildman–Crippen LogP) is 3.51. The SMILES string of the molecule is CC(C)[C@@](C)(O)c1cccc(C(=O)OC(C)(C)C)c1. The lowest BCUT2D eigenvalue weighted by atomic mass is 9.84. The lowest BCUT2D eigenvalue weighted by molar-refractivity contribution is 0.00565. The lowest BCUT2D eigenvalue weighted by Gasteiger charge is -2.28. The maximum atomic E-state index is 12.0. The monoisotopic (exact) mass is 264 g/mol. The molecule has 0 saturated carbocycles. The Kier molecular flexibility index (Phi) is 4.41. The number of aliphatic hydroxyl groups is 1. The summed E-state index contributed by atoms with van der Waals surface area (Å²) >= 11 is 0. The number of carbonyl (C=O) groups is 1. The summed E-state index contributed by atoms with van der Waals surface area (Å²) < 4.78 is 5.33. The first kappa shape index (κ1) is 15.7. The zero-order chi connectivity index (χ0) is 14.8. The third kappa shape index (κ3) is 4.06. The molecule has 3 heteroatoms. The lowest BCUT2D eigenvalue weighted by Crippen LogP contribution is -2.28. The van der Waals surface area contributed by atoms with Crippen molar-refractivity contribution in [3.63, 3.8) is 0 Å². The molecule has 0 saturated heterocycles. The predicted molar refractivity (Wildman–Crippen MR) is 76.0 cm³/mol. The van der Waals surface area contributed by atoms with Crippen molar-refractivity contribution in [1.82, 2.24) is 0 Å². The van der Waals surface area contributed by atoms with Gasteiger partial charge in [0.25, 0.3) is 0 Å². The summed E-state index contributed by atoms with van der Waals surface area (Å²) in [5.74, 6) is -0.310. The van der Waals surface area contributed by atoms with Gasteiger partial charge >= 0.3 is 5.97 Å². The Morgan fingerprint density at radius 1 is 1.21 bits per heavy atom. The number of hydrogen-bond donors (Lipinski definition) is 1. The highest BCUT2D eigenvalue weighted by Crippen LogP contribution is 2.29. The van der Waals surface area contributed by atoms with Gasteiger partial charge < -0.3 is 9.84 Å². The van der Waals surface area contributed by atoms with E-state index in [1.807, 2.05) is 40.7 Å². The van der Waals surface area contributed by atoms with Gasteiger partial charge in [0, 0.05) is 0 Å². The number of carbonyl (C=O) groups excluding carboxylic acids is 1. The van der Waals surface area contributed by atoms with Gasteiger partial charge in [-0.15, -0.1) is 0 Å². The summed E-state index contributed by atoms with van der Waals surface area (Å²) in [6.45, 7) is 11.1. The Morgan fingerprint density at radius 2 is 1.79 bits per heavy atom. The second kappa shape index (κ2) is 5.33. The van der Waals surface area contributed by atoms with E-state index < -0.39 is 11.2 Å². The molecule has 0 fully saturated rings. The molecule has 1 rings (SSSR count). The number of rotatable bonds is 3. The second-order valence-electron chi connectivity index (χ2n) is 6.38. The second-order valence-corrected chi connectivity index (χ2v) is 6.38. The van der Waals surface area contributed by atoms with Crippen molar-refractivity contribution in [3.8, 4) is 0 Å². The molecule has 0 spiro atoms. The molecule has 1 N–H and O–H groups in total. The first-order chi connectivity index (χ1) is 8.54. The van der Waals surface area contributed by atoms with E-state index in [2.05, 4.69) is 0 Å². The number of ether oxygens (including phenoxy) is 1. The summed E-state index contributed by atoms with van der Waals surface area (Å²) in [6.07, 6.45) is 0. The van der Waals surface area contributed by atoms with Gasteiger partial charge in [0.2, 0.25) is 0 Å². The summed E-state index contributed by atoms with van der Waals surface area (Å²) in [5.41, 5.74) is -0.287. The van der Waals surface area contributed by atoms with Crippen molar-refractivity contribution < 1.29 is 14.6 Å². The van der Waals surface area contributed by atoms with Crippen molar-refractivity contribution in [2.24, 2.45) is 5.92 Å². The topological polar surface area (TPSA) is 46.5 Å². The fourth-order valence-corrected chi connectivity index (χ4v) is 1.63. The molecule has 0 unspecified atom stereocenters. The maximum absolute atomic E-state index is 12.0. The zero-order valence-corrected chi connectivity index (χ0v) is 12.7. The van der Waals surface area contributed by atoms with Crippen LogP contribution in [0, 0.1) is 5.92 Å².